The van der Waals surface area contributed by atoms with Crippen LogP contribution in [0.15, 0.2) is 18.3 Å². The molecule has 0 saturated heterocycles. The lowest BCUT2D eigenvalue weighted by Crippen LogP contribution is -2.36. The second kappa shape index (κ2) is 3.73. The second-order valence-electron chi connectivity index (χ2n) is 3.04. The van der Waals surface area contributed by atoms with Gasteiger partial charge in [0.1, 0.15) is 5.69 Å². The Morgan fingerprint density at radius 3 is 2.81 bits per heavy atom. The highest BCUT2D eigenvalue weighted by molar-refractivity contribution is 6.27. The highest BCUT2D eigenvalue weighted by Crippen LogP contribution is 2.20. The minimum Gasteiger partial charge on any atom is -0.449 e. The van der Waals surface area contributed by atoms with E-state index in [-0.39, 0.29) is 17.9 Å². The molecule has 6 heteroatoms. The normalized spacial score (nSPS) is 13.9. The van der Waals surface area contributed by atoms with Crippen molar-refractivity contribution < 1.29 is 19.1 Å². The molecule has 0 fully saturated rings. The molecule has 0 N–H and O–H groups in total. The van der Waals surface area contributed by atoms with Crippen LogP contribution in [-0.4, -0.2) is 34.4 Å². The first kappa shape index (κ1) is 10.3. The number of aromatic nitrogens is 1. The number of carbonyl (C=O) groups excluding carboxylic acids is 3. The maximum absolute atomic E-state index is 11.7. The van der Waals surface area contributed by atoms with E-state index in [1.807, 2.05) is 0 Å². The number of carbonyl (C=O) groups is 3. The number of nitrogens with zero attached hydrogens (tertiary/aromatic N) is 2. The molecular weight excluding hydrogens is 212 g/mol. The van der Waals surface area contributed by atoms with Gasteiger partial charge in [0.15, 0.2) is 0 Å². The average molecular weight is 220 g/mol. The van der Waals surface area contributed by atoms with Gasteiger partial charge in [0.25, 0.3) is 11.8 Å². The number of ether oxygens (including phenoxy) is 1. The molecule has 0 aliphatic carbocycles. The first-order valence-electron chi connectivity index (χ1n) is 4.67. The summed E-state index contributed by atoms with van der Waals surface area (Å²) in [6.45, 7) is 1.69. The van der Waals surface area contributed by atoms with Crippen molar-refractivity contribution in [3.63, 3.8) is 0 Å². The topological polar surface area (TPSA) is 76.6 Å². The third kappa shape index (κ3) is 1.35. The van der Waals surface area contributed by atoms with Crippen LogP contribution in [0.1, 0.15) is 27.8 Å². The Bertz CT molecular complexity index is 448. The van der Waals surface area contributed by atoms with Crippen LogP contribution in [0.4, 0.5) is 4.79 Å². The molecule has 1 aromatic heterocycles. The van der Waals surface area contributed by atoms with Crippen molar-refractivity contribution in [1.29, 1.82) is 0 Å². The molecule has 0 atom stereocenters. The zero-order chi connectivity index (χ0) is 11.7. The zero-order valence-corrected chi connectivity index (χ0v) is 8.47. The van der Waals surface area contributed by atoms with Gasteiger partial charge in [0.05, 0.1) is 12.2 Å². The summed E-state index contributed by atoms with van der Waals surface area (Å²) in [4.78, 5) is 38.9. The fraction of sp³-hybridized carbons (Fsp3) is 0.200. The third-order valence-corrected chi connectivity index (χ3v) is 2.10. The summed E-state index contributed by atoms with van der Waals surface area (Å²) < 4.78 is 4.62. The van der Waals surface area contributed by atoms with Crippen molar-refractivity contribution in [3.05, 3.63) is 29.6 Å². The van der Waals surface area contributed by atoms with E-state index in [1.54, 1.807) is 6.92 Å². The minimum absolute atomic E-state index is 0.0134. The molecule has 6 nitrogen and oxygen atoms in total. The molecule has 2 rings (SSSR count). The van der Waals surface area contributed by atoms with Crippen LogP contribution in [0.5, 0.6) is 0 Å². The predicted molar refractivity (Wildman–Crippen MR) is 51.8 cm³/mol. The van der Waals surface area contributed by atoms with E-state index in [0.717, 1.165) is 0 Å². The van der Waals surface area contributed by atoms with Crippen LogP contribution in [0.25, 0.3) is 0 Å². The molecule has 1 aromatic rings. The molecule has 3 amide bonds. The number of pyridine rings is 1. The highest BCUT2D eigenvalue weighted by atomic mass is 16.6. The van der Waals surface area contributed by atoms with Crippen molar-refractivity contribution in [3.8, 4) is 0 Å². The van der Waals surface area contributed by atoms with Gasteiger partial charge < -0.3 is 4.74 Å². The van der Waals surface area contributed by atoms with Gasteiger partial charge in [-0.05, 0) is 19.1 Å². The van der Waals surface area contributed by atoms with E-state index < -0.39 is 17.9 Å². The van der Waals surface area contributed by atoms with Gasteiger partial charge in [0.2, 0.25) is 0 Å². The highest BCUT2D eigenvalue weighted by Gasteiger charge is 2.41. The minimum atomic E-state index is -0.962. The van der Waals surface area contributed by atoms with E-state index in [2.05, 4.69) is 9.72 Å². The standard InChI is InChI=1S/C10H8N2O4/c1-2-16-10(15)12-8(13)6-4-3-5-11-7(6)9(12)14/h3-5H,2H2,1H3. The largest absolute Gasteiger partial charge is 0.449 e. The van der Waals surface area contributed by atoms with Crippen LogP contribution in [0, 0.1) is 0 Å². The molecule has 82 valence electrons. The van der Waals surface area contributed by atoms with Gasteiger partial charge in [-0.3, -0.25) is 14.6 Å². The van der Waals surface area contributed by atoms with Gasteiger partial charge in [0, 0.05) is 6.20 Å². The summed E-state index contributed by atoms with van der Waals surface area (Å²) in [6.07, 6.45) is 0.425. The Balaban J connectivity index is 2.39. The van der Waals surface area contributed by atoms with Crippen LogP contribution in [0.3, 0.4) is 0 Å². The molecule has 0 aromatic carbocycles. The van der Waals surface area contributed by atoms with Gasteiger partial charge in [-0.1, -0.05) is 0 Å². The fourth-order valence-electron chi connectivity index (χ4n) is 1.42. The summed E-state index contributed by atoms with van der Waals surface area (Å²) in [5.41, 5.74) is 0.112. The Hall–Kier alpha value is -2.24. The second-order valence-corrected chi connectivity index (χ2v) is 3.04. The van der Waals surface area contributed by atoms with E-state index in [4.69, 9.17) is 0 Å². The molecular formula is C10H8N2O4. The van der Waals surface area contributed by atoms with Crippen molar-refractivity contribution >= 4 is 17.9 Å². The van der Waals surface area contributed by atoms with Gasteiger partial charge in [-0.15, -0.1) is 0 Å². The lowest BCUT2D eigenvalue weighted by Gasteiger charge is -2.10. The molecule has 0 spiro atoms. The molecule has 16 heavy (non-hydrogen) atoms. The Morgan fingerprint density at radius 2 is 2.19 bits per heavy atom. The fourth-order valence-corrected chi connectivity index (χ4v) is 1.42. The first-order chi connectivity index (χ1) is 7.66. The average Bonchev–Trinajstić information content (AvgIpc) is 2.53. The SMILES string of the molecule is CCOC(=O)N1C(=O)c2cccnc2C1=O. The lowest BCUT2D eigenvalue weighted by atomic mass is 10.2. The number of imide groups is 3. The smallest absolute Gasteiger partial charge is 0.424 e. The van der Waals surface area contributed by atoms with E-state index in [1.165, 1.54) is 18.3 Å². The summed E-state index contributed by atoms with van der Waals surface area (Å²) in [7, 11) is 0. The predicted octanol–water partition coefficient (Wildman–Crippen LogP) is 0.834. The van der Waals surface area contributed by atoms with Gasteiger partial charge in [-0.2, -0.15) is 4.90 Å². The van der Waals surface area contributed by atoms with Crippen molar-refractivity contribution in [2.75, 3.05) is 6.61 Å². The third-order valence-electron chi connectivity index (χ3n) is 2.10. The van der Waals surface area contributed by atoms with Crippen LogP contribution in [0.2, 0.25) is 0 Å². The first-order valence-corrected chi connectivity index (χ1v) is 4.67. The Morgan fingerprint density at radius 1 is 1.44 bits per heavy atom. The van der Waals surface area contributed by atoms with Crippen molar-refractivity contribution in [2.45, 2.75) is 6.92 Å². The lowest BCUT2D eigenvalue weighted by molar-refractivity contribution is 0.0594. The number of hydrogen-bond acceptors (Lipinski definition) is 5. The number of hydrogen-bond donors (Lipinski definition) is 0. The summed E-state index contributed by atoms with van der Waals surface area (Å²) in [5.74, 6) is -1.43. The quantitative estimate of drug-likeness (QED) is 0.655. The van der Waals surface area contributed by atoms with Crippen LogP contribution >= 0.6 is 0 Å². The molecule has 1 aliphatic rings. The maximum Gasteiger partial charge on any atom is 0.424 e. The van der Waals surface area contributed by atoms with Gasteiger partial charge in [-0.25, -0.2) is 4.79 Å². The van der Waals surface area contributed by atoms with Gasteiger partial charge >= 0.3 is 6.09 Å². The van der Waals surface area contributed by atoms with Crippen LogP contribution in [-0.2, 0) is 4.74 Å². The van der Waals surface area contributed by atoms with Crippen molar-refractivity contribution in [2.24, 2.45) is 0 Å². The Kier molecular flexibility index (Phi) is 2.40. The molecule has 1 aliphatic heterocycles. The molecule has 0 unspecified atom stereocenters. The zero-order valence-electron chi connectivity index (χ0n) is 8.47. The summed E-state index contributed by atoms with van der Waals surface area (Å²) in [5, 5.41) is 0. The number of fused-ring (bicyclic) bond motifs is 1. The van der Waals surface area contributed by atoms with Crippen LogP contribution < -0.4 is 0 Å². The Labute approximate surface area is 90.8 Å². The molecule has 0 saturated carbocycles. The van der Waals surface area contributed by atoms with E-state index >= 15 is 0 Å². The molecule has 0 radical (unpaired) electrons. The van der Waals surface area contributed by atoms with E-state index in [9.17, 15) is 14.4 Å². The molecule has 2 heterocycles. The van der Waals surface area contributed by atoms with Crippen molar-refractivity contribution in [1.82, 2.24) is 9.88 Å². The molecule has 0 bridgehead atoms. The maximum atomic E-state index is 11.7. The van der Waals surface area contributed by atoms with E-state index in [0.29, 0.717) is 4.90 Å². The monoisotopic (exact) mass is 220 g/mol. The number of rotatable bonds is 1. The number of amides is 3. The summed E-state index contributed by atoms with van der Waals surface area (Å²) >= 11 is 0. The summed E-state index contributed by atoms with van der Waals surface area (Å²) in [6, 6.07) is 2.97.